The van der Waals surface area contributed by atoms with Gasteiger partial charge in [-0.3, -0.25) is 9.48 Å². The Hall–Kier alpha value is -4.62. The van der Waals surface area contributed by atoms with Crippen LogP contribution in [0.2, 0.25) is 0 Å². The summed E-state index contributed by atoms with van der Waals surface area (Å²) in [5.41, 5.74) is 1.67. The number of carbonyl (C=O) groups is 2. The molecule has 3 saturated heterocycles. The maximum absolute atomic E-state index is 13.6. The summed E-state index contributed by atoms with van der Waals surface area (Å²) in [4.78, 5) is 40.0. The Bertz CT molecular complexity index is 1770. The maximum atomic E-state index is 13.6. The SMILES string of the molecule is Cc1cc(N2CCC(C)(n3ccc(C(F)F)n3)C2)cn2nc(C(=O)N3CC[C@@]4(CCN(c5cccc(C(=O)O)n5)C4)C3)nc12. The molecule has 3 fully saturated rings. The van der Waals surface area contributed by atoms with Gasteiger partial charge in [-0.05, 0) is 62.9 Å². The fourth-order valence-corrected chi connectivity index (χ4v) is 6.93. The second-order valence-electron chi connectivity index (χ2n) is 12.6. The summed E-state index contributed by atoms with van der Waals surface area (Å²) in [5.74, 6) is -0.478. The van der Waals surface area contributed by atoms with E-state index < -0.39 is 17.9 Å². The van der Waals surface area contributed by atoms with E-state index in [0.717, 1.165) is 43.6 Å². The van der Waals surface area contributed by atoms with Gasteiger partial charge in [0.1, 0.15) is 11.5 Å². The van der Waals surface area contributed by atoms with E-state index in [1.54, 1.807) is 21.5 Å². The Kier molecular flexibility index (Phi) is 6.55. The number of halogens is 2. The maximum Gasteiger partial charge on any atom is 0.354 e. The van der Waals surface area contributed by atoms with Gasteiger partial charge >= 0.3 is 5.97 Å². The van der Waals surface area contributed by atoms with Gasteiger partial charge in [0, 0.05) is 50.9 Å². The first-order valence-electron chi connectivity index (χ1n) is 14.7. The lowest BCUT2D eigenvalue weighted by Crippen LogP contribution is -2.34. The number of carboxylic acid groups (broad SMARTS) is 1. The number of rotatable bonds is 6. The van der Waals surface area contributed by atoms with Crippen molar-refractivity contribution < 1.29 is 23.5 Å². The molecule has 4 aromatic heterocycles. The minimum Gasteiger partial charge on any atom is -0.477 e. The van der Waals surface area contributed by atoms with Gasteiger partial charge < -0.3 is 19.8 Å². The van der Waals surface area contributed by atoms with E-state index in [4.69, 9.17) is 0 Å². The number of aryl methyl sites for hydroxylation is 1. The van der Waals surface area contributed by atoms with Crippen molar-refractivity contribution in [1.82, 2.24) is 34.3 Å². The number of carbonyl (C=O) groups excluding carboxylic acids is 1. The first-order chi connectivity index (χ1) is 21.0. The third kappa shape index (κ3) is 4.81. The van der Waals surface area contributed by atoms with Crippen LogP contribution in [0.15, 0.2) is 42.7 Å². The first-order valence-corrected chi connectivity index (χ1v) is 14.7. The number of amides is 1. The van der Waals surface area contributed by atoms with E-state index >= 15 is 0 Å². The topological polar surface area (TPSA) is 125 Å². The third-order valence-corrected chi connectivity index (χ3v) is 9.44. The van der Waals surface area contributed by atoms with Crippen LogP contribution in [0.25, 0.3) is 5.65 Å². The lowest BCUT2D eigenvalue weighted by Gasteiger charge is -2.26. The molecular formula is C30H33F2N9O3. The molecule has 12 nitrogen and oxygen atoms in total. The van der Waals surface area contributed by atoms with Crippen molar-refractivity contribution in [2.45, 2.75) is 45.1 Å². The van der Waals surface area contributed by atoms with Crippen molar-refractivity contribution in [3.05, 3.63) is 65.5 Å². The zero-order valence-electron chi connectivity index (χ0n) is 24.5. The van der Waals surface area contributed by atoms with Gasteiger partial charge in [0.25, 0.3) is 12.3 Å². The first kappa shape index (κ1) is 28.2. The lowest BCUT2D eigenvalue weighted by molar-refractivity contribution is 0.0689. The zero-order chi connectivity index (χ0) is 30.8. The molecule has 0 aliphatic carbocycles. The van der Waals surface area contributed by atoms with Gasteiger partial charge in [0.05, 0.1) is 17.4 Å². The fourth-order valence-electron chi connectivity index (χ4n) is 6.93. The van der Waals surface area contributed by atoms with Crippen molar-refractivity contribution in [2.24, 2.45) is 5.41 Å². The zero-order valence-corrected chi connectivity index (χ0v) is 24.5. The highest BCUT2D eigenvalue weighted by Gasteiger charge is 2.46. The minimum absolute atomic E-state index is 0.0168. The average molecular weight is 606 g/mol. The lowest BCUT2D eigenvalue weighted by atomic mass is 9.86. The molecule has 230 valence electrons. The predicted molar refractivity (Wildman–Crippen MR) is 156 cm³/mol. The largest absolute Gasteiger partial charge is 0.477 e. The van der Waals surface area contributed by atoms with Crippen LogP contribution in [0.5, 0.6) is 0 Å². The Labute approximate surface area is 251 Å². The smallest absolute Gasteiger partial charge is 0.354 e. The normalized spacial score (nSPS) is 23.6. The number of likely N-dealkylation sites (tertiary alicyclic amines) is 1. The molecule has 0 aromatic carbocycles. The van der Waals surface area contributed by atoms with Crippen LogP contribution in [0.4, 0.5) is 20.3 Å². The quantitative estimate of drug-likeness (QED) is 0.351. The van der Waals surface area contributed by atoms with Gasteiger partial charge in [-0.25, -0.2) is 28.1 Å². The van der Waals surface area contributed by atoms with Crippen LogP contribution in [-0.4, -0.2) is 90.5 Å². The van der Waals surface area contributed by atoms with E-state index in [1.165, 1.54) is 12.1 Å². The Morgan fingerprint density at radius 3 is 2.55 bits per heavy atom. The summed E-state index contributed by atoms with van der Waals surface area (Å²) >= 11 is 0. The molecule has 1 amide bonds. The van der Waals surface area contributed by atoms with Gasteiger partial charge in [0.15, 0.2) is 11.3 Å². The molecule has 44 heavy (non-hydrogen) atoms. The molecule has 1 unspecified atom stereocenters. The number of hydrogen-bond acceptors (Lipinski definition) is 8. The number of hydrogen-bond donors (Lipinski definition) is 1. The Balaban J connectivity index is 1.05. The molecular weight excluding hydrogens is 572 g/mol. The second kappa shape index (κ2) is 10.2. The Morgan fingerprint density at radius 2 is 1.77 bits per heavy atom. The molecule has 0 saturated carbocycles. The number of alkyl halides is 2. The van der Waals surface area contributed by atoms with E-state index in [1.807, 2.05) is 37.1 Å². The fraction of sp³-hybridized carbons (Fsp3) is 0.467. The van der Waals surface area contributed by atoms with Crippen LogP contribution in [0.3, 0.4) is 0 Å². The number of aromatic nitrogens is 6. The summed E-state index contributed by atoms with van der Waals surface area (Å²) in [6, 6.07) is 8.39. The van der Waals surface area contributed by atoms with Gasteiger partial charge in [-0.2, -0.15) is 5.10 Å². The predicted octanol–water partition coefficient (Wildman–Crippen LogP) is 3.63. The highest BCUT2D eigenvalue weighted by Crippen LogP contribution is 2.41. The molecule has 14 heteroatoms. The standard InChI is InChI=1S/C30H33F2N9O3/c1-19-14-20(37-11-7-29(2,16-37)41-10-6-21(35-41)24(31)32)15-40-26(19)34-25(36-40)27(42)39-13-9-30(18-39)8-12-38(17-30)23-5-3-4-22(33-23)28(43)44/h3-6,10,14-15,24H,7-9,11-13,16-18H2,1-2H3,(H,43,44)/t29?,30-/m1/s1. The van der Waals surface area contributed by atoms with Gasteiger partial charge in [-0.15, -0.1) is 5.10 Å². The van der Waals surface area contributed by atoms with Crippen LogP contribution in [0.1, 0.15) is 65.0 Å². The van der Waals surface area contributed by atoms with E-state index in [-0.39, 0.29) is 28.5 Å². The monoisotopic (exact) mass is 605 g/mol. The number of aromatic carboxylic acids is 1. The molecule has 1 N–H and O–H groups in total. The van der Waals surface area contributed by atoms with E-state index in [9.17, 15) is 23.5 Å². The van der Waals surface area contributed by atoms with Crippen LogP contribution in [-0.2, 0) is 5.54 Å². The molecule has 4 aromatic rings. The highest BCUT2D eigenvalue weighted by atomic mass is 19.3. The van der Waals surface area contributed by atoms with Crippen molar-refractivity contribution in [1.29, 1.82) is 0 Å². The van der Waals surface area contributed by atoms with Crippen molar-refractivity contribution in [3.8, 4) is 0 Å². The molecule has 1 spiro atoms. The molecule has 2 atom stereocenters. The summed E-state index contributed by atoms with van der Waals surface area (Å²) in [6.45, 7) is 7.88. The minimum atomic E-state index is -2.61. The summed E-state index contributed by atoms with van der Waals surface area (Å²) in [5, 5.41) is 18.0. The number of pyridine rings is 2. The number of fused-ring (bicyclic) bond motifs is 1. The highest BCUT2D eigenvalue weighted by molar-refractivity contribution is 5.91. The van der Waals surface area contributed by atoms with E-state index in [0.29, 0.717) is 37.6 Å². The summed E-state index contributed by atoms with van der Waals surface area (Å²) in [7, 11) is 0. The average Bonchev–Trinajstić information content (AvgIpc) is 3.84. The molecule has 0 radical (unpaired) electrons. The molecule has 3 aliphatic heterocycles. The number of anilines is 2. The number of carboxylic acids is 1. The van der Waals surface area contributed by atoms with Crippen LogP contribution < -0.4 is 9.80 Å². The van der Waals surface area contributed by atoms with Crippen molar-refractivity contribution in [2.75, 3.05) is 49.1 Å². The Morgan fingerprint density at radius 1 is 0.977 bits per heavy atom. The van der Waals surface area contributed by atoms with Gasteiger partial charge in [0.2, 0.25) is 5.82 Å². The molecule has 0 bridgehead atoms. The van der Waals surface area contributed by atoms with Crippen LogP contribution >= 0.6 is 0 Å². The van der Waals surface area contributed by atoms with Crippen LogP contribution in [0, 0.1) is 12.3 Å². The van der Waals surface area contributed by atoms with Crippen molar-refractivity contribution >= 4 is 29.0 Å². The van der Waals surface area contributed by atoms with Gasteiger partial charge in [-0.1, -0.05) is 6.07 Å². The second-order valence-corrected chi connectivity index (χ2v) is 12.6. The van der Waals surface area contributed by atoms with E-state index in [2.05, 4.69) is 30.0 Å². The summed E-state index contributed by atoms with van der Waals surface area (Å²) in [6.07, 6.45) is 3.34. The number of nitrogens with zero attached hydrogens (tertiary/aromatic N) is 9. The molecule has 7 heterocycles. The van der Waals surface area contributed by atoms with Crippen molar-refractivity contribution in [3.63, 3.8) is 0 Å². The summed E-state index contributed by atoms with van der Waals surface area (Å²) < 4.78 is 29.5. The third-order valence-electron chi connectivity index (χ3n) is 9.44. The molecule has 3 aliphatic rings. The molecule has 7 rings (SSSR count).